The molecular formula is C17H13BrF3N5O2. The van der Waals surface area contributed by atoms with E-state index in [-0.39, 0.29) is 12.4 Å². The van der Waals surface area contributed by atoms with Crippen LogP contribution in [0.1, 0.15) is 23.9 Å². The molecule has 11 heteroatoms. The fourth-order valence-corrected chi connectivity index (χ4v) is 3.42. The van der Waals surface area contributed by atoms with Crippen LogP contribution in [0.5, 0.6) is 5.75 Å². The zero-order valence-corrected chi connectivity index (χ0v) is 16.2. The molecule has 146 valence electrons. The molecule has 0 N–H and O–H groups in total. The van der Waals surface area contributed by atoms with Crippen LogP contribution in [0.25, 0.3) is 5.65 Å². The van der Waals surface area contributed by atoms with Gasteiger partial charge in [-0.25, -0.2) is 15.0 Å². The van der Waals surface area contributed by atoms with Crippen LogP contribution in [0.3, 0.4) is 0 Å². The molecule has 3 aromatic heterocycles. The van der Waals surface area contributed by atoms with E-state index in [0.29, 0.717) is 21.6 Å². The van der Waals surface area contributed by atoms with Crippen LogP contribution in [0.2, 0.25) is 0 Å². The van der Waals surface area contributed by atoms with Crippen molar-refractivity contribution in [2.45, 2.75) is 32.7 Å². The highest BCUT2D eigenvalue weighted by molar-refractivity contribution is 9.10. The third kappa shape index (κ3) is 2.99. The van der Waals surface area contributed by atoms with Gasteiger partial charge in [-0.2, -0.15) is 13.2 Å². The standard InChI is InChI=1S/C17H13BrF3N5O2/c1-8-11(25-7-12(18)23-5-13(25)24-8)6-26-15-14(28-9(2)16(26)27)10(3-4-22-15)17(19,20)21/h3-5,7,9H,6H2,1-2H3/t9-/m1/s1. The molecule has 3 aromatic rings. The van der Waals surface area contributed by atoms with E-state index in [1.807, 2.05) is 0 Å². The Morgan fingerprint density at radius 1 is 1.32 bits per heavy atom. The number of rotatable bonds is 2. The van der Waals surface area contributed by atoms with Crippen LogP contribution in [0.4, 0.5) is 19.0 Å². The number of hydrogen-bond acceptors (Lipinski definition) is 5. The summed E-state index contributed by atoms with van der Waals surface area (Å²) in [7, 11) is 0. The van der Waals surface area contributed by atoms with Gasteiger partial charge in [0.05, 0.1) is 24.1 Å². The predicted octanol–water partition coefficient (Wildman–Crippen LogP) is 3.53. The molecule has 0 saturated carbocycles. The zero-order valence-electron chi connectivity index (χ0n) is 14.7. The SMILES string of the molecule is Cc1nc2cnc(Br)cn2c1CN1C(=O)[C@@H](C)Oc2c(C(F)(F)F)ccnc21. The second-order valence-electron chi connectivity index (χ2n) is 6.28. The van der Waals surface area contributed by atoms with Crippen molar-refractivity contribution in [3.63, 3.8) is 0 Å². The van der Waals surface area contributed by atoms with E-state index < -0.39 is 29.5 Å². The molecule has 4 rings (SSSR count). The van der Waals surface area contributed by atoms with Crippen LogP contribution in [-0.2, 0) is 17.5 Å². The van der Waals surface area contributed by atoms with Gasteiger partial charge < -0.3 is 4.74 Å². The minimum Gasteiger partial charge on any atom is -0.476 e. The van der Waals surface area contributed by atoms with E-state index >= 15 is 0 Å². The fourth-order valence-electron chi connectivity index (χ4n) is 3.11. The Labute approximate surface area is 165 Å². The molecule has 4 heterocycles. The normalized spacial score (nSPS) is 17.0. The highest BCUT2D eigenvalue weighted by Gasteiger charge is 2.42. The molecule has 0 unspecified atom stereocenters. The molecule has 0 spiro atoms. The summed E-state index contributed by atoms with van der Waals surface area (Å²) in [5.74, 6) is -1.10. The van der Waals surface area contributed by atoms with Gasteiger partial charge in [-0.3, -0.25) is 14.1 Å². The number of amides is 1. The van der Waals surface area contributed by atoms with Gasteiger partial charge in [0.2, 0.25) is 0 Å². The molecule has 28 heavy (non-hydrogen) atoms. The van der Waals surface area contributed by atoms with Crippen LogP contribution in [-0.4, -0.2) is 31.4 Å². The summed E-state index contributed by atoms with van der Waals surface area (Å²) in [4.78, 5) is 26.4. The minimum absolute atomic E-state index is 0.0166. The van der Waals surface area contributed by atoms with Crippen molar-refractivity contribution in [1.29, 1.82) is 0 Å². The topological polar surface area (TPSA) is 72.6 Å². The van der Waals surface area contributed by atoms with Gasteiger partial charge >= 0.3 is 6.18 Å². The van der Waals surface area contributed by atoms with Crippen molar-refractivity contribution in [2.75, 3.05) is 4.90 Å². The molecule has 1 atom stereocenters. The van der Waals surface area contributed by atoms with E-state index in [2.05, 4.69) is 30.9 Å². The minimum atomic E-state index is -4.63. The van der Waals surface area contributed by atoms with Crippen LogP contribution < -0.4 is 9.64 Å². The van der Waals surface area contributed by atoms with Crippen molar-refractivity contribution in [3.05, 3.63) is 46.2 Å². The maximum Gasteiger partial charge on any atom is 0.420 e. The molecule has 0 bridgehead atoms. The number of fused-ring (bicyclic) bond motifs is 2. The number of imidazole rings is 1. The first-order valence-corrected chi connectivity index (χ1v) is 8.99. The van der Waals surface area contributed by atoms with Gasteiger partial charge in [0.25, 0.3) is 5.91 Å². The average Bonchev–Trinajstić information content (AvgIpc) is 2.92. The quantitative estimate of drug-likeness (QED) is 0.590. The summed E-state index contributed by atoms with van der Waals surface area (Å²) < 4.78 is 47.7. The number of carbonyl (C=O) groups is 1. The third-order valence-electron chi connectivity index (χ3n) is 4.44. The first kappa shape index (κ1) is 18.7. The van der Waals surface area contributed by atoms with Crippen LogP contribution in [0.15, 0.2) is 29.3 Å². The number of aryl methyl sites for hydroxylation is 1. The molecule has 0 aliphatic carbocycles. The molecule has 1 aliphatic rings. The number of carbonyl (C=O) groups excluding carboxylic acids is 1. The largest absolute Gasteiger partial charge is 0.476 e. The van der Waals surface area contributed by atoms with Crippen molar-refractivity contribution >= 4 is 33.3 Å². The fraction of sp³-hybridized carbons (Fsp3) is 0.294. The molecule has 0 aromatic carbocycles. The zero-order chi connectivity index (χ0) is 20.2. The summed E-state index contributed by atoms with van der Waals surface area (Å²) in [6.45, 7) is 3.15. The van der Waals surface area contributed by atoms with Gasteiger partial charge in [0.1, 0.15) is 10.2 Å². The summed E-state index contributed by atoms with van der Waals surface area (Å²) in [5, 5.41) is 0. The lowest BCUT2D eigenvalue weighted by molar-refractivity contribution is -0.141. The van der Waals surface area contributed by atoms with Gasteiger partial charge in [-0.1, -0.05) is 0 Å². The van der Waals surface area contributed by atoms with E-state index in [1.165, 1.54) is 11.8 Å². The van der Waals surface area contributed by atoms with E-state index in [1.54, 1.807) is 23.7 Å². The number of halogens is 4. The Balaban J connectivity index is 1.85. The number of alkyl halides is 3. The van der Waals surface area contributed by atoms with Gasteiger partial charge in [0.15, 0.2) is 23.3 Å². The maximum absolute atomic E-state index is 13.4. The summed E-state index contributed by atoms with van der Waals surface area (Å²) in [6, 6.07) is 0.835. The van der Waals surface area contributed by atoms with Gasteiger partial charge in [0, 0.05) is 12.4 Å². The molecule has 0 radical (unpaired) electrons. The monoisotopic (exact) mass is 455 g/mol. The number of hydrogen-bond donors (Lipinski definition) is 0. The number of anilines is 1. The lowest BCUT2D eigenvalue weighted by Gasteiger charge is -2.33. The Bertz CT molecular complexity index is 1100. The molecule has 0 fully saturated rings. The first-order valence-electron chi connectivity index (χ1n) is 8.20. The molecule has 0 saturated heterocycles. The number of nitrogens with zero attached hydrogens (tertiary/aromatic N) is 5. The van der Waals surface area contributed by atoms with E-state index in [9.17, 15) is 18.0 Å². The highest BCUT2D eigenvalue weighted by Crippen LogP contribution is 2.43. The second kappa shape index (κ2) is 6.43. The summed E-state index contributed by atoms with van der Waals surface area (Å²) >= 11 is 3.28. The molecule has 1 amide bonds. The smallest absolute Gasteiger partial charge is 0.420 e. The highest BCUT2D eigenvalue weighted by atomic mass is 79.9. The number of aromatic nitrogens is 4. The third-order valence-corrected chi connectivity index (χ3v) is 4.85. The molecule has 7 nitrogen and oxygen atoms in total. The lowest BCUT2D eigenvalue weighted by Crippen LogP contribution is -2.45. The summed E-state index contributed by atoms with van der Waals surface area (Å²) in [5.41, 5.74) is 0.844. The Hall–Kier alpha value is -2.69. The second-order valence-corrected chi connectivity index (χ2v) is 7.09. The molecule has 1 aliphatic heterocycles. The van der Waals surface area contributed by atoms with Crippen molar-refractivity contribution < 1.29 is 22.7 Å². The summed E-state index contributed by atoms with van der Waals surface area (Å²) in [6.07, 6.45) is -1.46. The Kier molecular flexibility index (Phi) is 4.29. The van der Waals surface area contributed by atoms with Gasteiger partial charge in [-0.15, -0.1) is 0 Å². The molecular weight excluding hydrogens is 443 g/mol. The van der Waals surface area contributed by atoms with E-state index in [4.69, 9.17) is 4.74 Å². The van der Waals surface area contributed by atoms with Crippen LogP contribution in [0, 0.1) is 6.92 Å². The van der Waals surface area contributed by atoms with Crippen molar-refractivity contribution in [3.8, 4) is 5.75 Å². The van der Waals surface area contributed by atoms with Gasteiger partial charge in [-0.05, 0) is 35.8 Å². The maximum atomic E-state index is 13.4. The number of ether oxygens (including phenoxy) is 1. The Morgan fingerprint density at radius 3 is 2.79 bits per heavy atom. The average molecular weight is 456 g/mol. The lowest BCUT2D eigenvalue weighted by atomic mass is 10.1. The number of pyridine rings is 1. The first-order chi connectivity index (χ1) is 13.2. The van der Waals surface area contributed by atoms with Crippen molar-refractivity contribution in [2.24, 2.45) is 0 Å². The predicted molar refractivity (Wildman–Crippen MR) is 95.9 cm³/mol. The van der Waals surface area contributed by atoms with Crippen molar-refractivity contribution in [1.82, 2.24) is 19.4 Å². The van der Waals surface area contributed by atoms with Crippen LogP contribution >= 0.6 is 15.9 Å². The van der Waals surface area contributed by atoms with E-state index in [0.717, 1.165) is 12.3 Å². The Morgan fingerprint density at radius 2 is 2.07 bits per heavy atom.